The van der Waals surface area contributed by atoms with Crippen molar-refractivity contribution in [3.05, 3.63) is 0 Å². The Morgan fingerprint density at radius 1 is 0.913 bits per heavy atom. The molecule has 23 heavy (non-hydrogen) atoms. The van der Waals surface area contributed by atoms with Gasteiger partial charge in [0, 0.05) is 13.1 Å². The number of hydrogen-bond donors (Lipinski definition) is 0. The van der Waals surface area contributed by atoms with Crippen molar-refractivity contribution >= 4 is 5.91 Å². The van der Waals surface area contributed by atoms with Crippen molar-refractivity contribution in [3.8, 4) is 0 Å². The van der Waals surface area contributed by atoms with Gasteiger partial charge in [0.25, 0.3) is 0 Å². The molecule has 0 N–H and O–H groups in total. The van der Waals surface area contributed by atoms with E-state index in [9.17, 15) is 4.79 Å². The molecular formula is C19H33NO3. The molecule has 1 amide bonds. The van der Waals surface area contributed by atoms with Crippen LogP contribution in [0.4, 0.5) is 0 Å². The maximum Gasteiger partial charge on any atom is 0.248 e. The Morgan fingerprint density at radius 2 is 1.52 bits per heavy atom. The third-order valence-corrected chi connectivity index (χ3v) is 5.94. The first kappa shape index (κ1) is 17.2. The number of hydrogen-bond acceptors (Lipinski definition) is 3. The molecule has 1 aliphatic heterocycles. The molecule has 3 fully saturated rings. The van der Waals surface area contributed by atoms with Crippen LogP contribution in [-0.2, 0) is 14.3 Å². The van der Waals surface area contributed by atoms with Gasteiger partial charge in [-0.15, -0.1) is 0 Å². The minimum absolute atomic E-state index is 0.169. The summed E-state index contributed by atoms with van der Waals surface area (Å²) in [5.74, 6) is 0.768. The van der Waals surface area contributed by atoms with Crippen LogP contribution >= 0.6 is 0 Å². The van der Waals surface area contributed by atoms with Crippen molar-refractivity contribution in [1.82, 2.24) is 4.90 Å². The molecule has 2 saturated carbocycles. The van der Waals surface area contributed by atoms with Crippen LogP contribution < -0.4 is 0 Å². The van der Waals surface area contributed by atoms with Gasteiger partial charge >= 0.3 is 0 Å². The molecular weight excluding hydrogens is 290 g/mol. The van der Waals surface area contributed by atoms with E-state index < -0.39 is 0 Å². The van der Waals surface area contributed by atoms with Crippen LogP contribution in [-0.4, -0.2) is 48.8 Å². The molecule has 3 aliphatic rings. The Balaban J connectivity index is 1.34. The molecule has 0 spiro atoms. The molecule has 0 aromatic heterocycles. The van der Waals surface area contributed by atoms with Gasteiger partial charge in [0.05, 0.1) is 18.3 Å². The standard InChI is InChI=1S/C19H33NO3/c1-15-6-2-5-9-18(15)22-14-19(21)20-12-10-17(11-13-20)23-16-7-3-4-8-16/h15-18H,2-14H2,1H3/t15-,18+/m0/s1. The van der Waals surface area contributed by atoms with Crippen LogP contribution in [0.5, 0.6) is 0 Å². The number of likely N-dealkylation sites (tertiary alicyclic amines) is 1. The topological polar surface area (TPSA) is 38.8 Å². The van der Waals surface area contributed by atoms with E-state index in [2.05, 4.69) is 6.92 Å². The zero-order valence-corrected chi connectivity index (χ0v) is 14.7. The SMILES string of the molecule is C[C@H]1CCCC[C@H]1OCC(=O)N1CCC(OC2CCCC2)CC1. The molecule has 0 unspecified atom stereocenters. The number of carbonyl (C=O) groups is 1. The average molecular weight is 323 g/mol. The summed E-state index contributed by atoms with van der Waals surface area (Å²) in [6.45, 7) is 4.18. The van der Waals surface area contributed by atoms with Crippen LogP contribution in [0.2, 0.25) is 0 Å². The smallest absolute Gasteiger partial charge is 0.248 e. The lowest BCUT2D eigenvalue weighted by atomic mass is 9.88. The van der Waals surface area contributed by atoms with Crippen LogP contribution in [0.25, 0.3) is 0 Å². The molecule has 4 nitrogen and oxygen atoms in total. The van der Waals surface area contributed by atoms with Crippen molar-refractivity contribution < 1.29 is 14.3 Å². The first-order valence-electron chi connectivity index (χ1n) is 9.77. The van der Waals surface area contributed by atoms with Gasteiger partial charge in [0.2, 0.25) is 5.91 Å². The second-order valence-corrected chi connectivity index (χ2v) is 7.73. The first-order chi connectivity index (χ1) is 11.2. The maximum absolute atomic E-state index is 12.4. The molecule has 132 valence electrons. The third-order valence-electron chi connectivity index (χ3n) is 5.94. The molecule has 4 heteroatoms. The molecule has 0 bridgehead atoms. The van der Waals surface area contributed by atoms with Gasteiger partial charge in [0.1, 0.15) is 6.61 Å². The number of rotatable bonds is 5. The minimum atomic E-state index is 0.169. The summed E-state index contributed by atoms with van der Waals surface area (Å²) in [5.41, 5.74) is 0. The first-order valence-corrected chi connectivity index (χ1v) is 9.77. The van der Waals surface area contributed by atoms with E-state index >= 15 is 0 Å². The lowest BCUT2D eigenvalue weighted by Gasteiger charge is -2.34. The summed E-state index contributed by atoms with van der Waals surface area (Å²) in [6, 6.07) is 0. The second kappa shape index (κ2) is 8.48. The van der Waals surface area contributed by atoms with Crippen LogP contribution in [0.3, 0.4) is 0 Å². The predicted octanol–water partition coefficient (Wildman–Crippen LogP) is 3.53. The van der Waals surface area contributed by atoms with Crippen molar-refractivity contribution in [1.29, 1.82) is 0 Å². The molecule has 2 atom stereocenters. The molecule has 0 radical (unpaired) electrons. The molecule has 1 saturated heterocycles. The van der Waals surface area contributed by atoms with E-state index in [1.165, 1.54) is 44.9 Å². The van der Waals surface area contributed by atoms with E-state index in [0.29, 0.717) is 18.1 Å². The Morgan fingerprint density at radius 3 is 2.22 bits per heavy atom. The van der Waals surface area contributed by atoms with Crippen LogP contribution in [0.15, 0.2) is 0 Å². The van der Waals surface area contributed by atoms with Crippen molar-refractivity contribution in [2.24, 2.45) is 5.92 Å². The minimum Gasteiger partial charge on any atom is -0.375 e. The van der Waals surface area contributed by atoms with Gasteiger partial charge in [-0.05, 0) is 44.4 Å². The lowest BCUT2D eigenvalue weighted by Crippen LogP contribution is -2.44. The summed E-state index contributed by atoms with van der Waals surface area (Å²) >= 11 is 0. The van der Waals surface area contributed by atoms with Crippen molar-refractivity contribution in [2.45, 2.75) is 89.4 Å². The van der Waals surface area contributed by atoms with E-state index in [1.54, 1.807) is 0 Å². The van der Waals surface area contributed by atoms with Gasteiger partial charge in [-0.3, -0.25) is 4.79 Å². The summed E-state index contributed by atoms with van der Waals surface area (Å²) in [7, 11) is 0. The molecule has 3 rings (SSSR count). The summed E-state index contributed by atoms with van der Waals surface area (Å²) in [6.07, 6.45) is 13.1. The number of ether oxygens (including phenoxy) is 2. The third kappa shape index (κ3) is 4.93. The quantitative estimate of drug-likeness (QED) is 0.777. The van der Waals surface area contributed by atoms with Crippen molar-refractivity contribution in [3.63, 3.8) is 0 Å². The predicted molar refractivity (Wildman–Crippen MR) is 90.3 cm³/mol. The zero-order chi connectivity index (χ0) is 16.1. The van der Waals surface area contributed by atoms with Crippen LogP contribution in [0.1, 0.15) is 71.1 Å². The highest BCUT2D eigenvalue weighted by atomic mass is 16.5. The monoisotopic (exact) mass is 323 g/mol. The molecule has 1 heterocycles. The summed E-state index contributed by atoms with van der Waals surface area (Å²) in [4.78, 5) is 14.3. The average Bonchev–Trinajstić information content (AvgIpc) is 3.07. The number of carbonyl (C=O) groups excluding carboxylic acids is 1. The number of piperidine rings is 1. The van der Waals surface area contributed by atoms with E-state index in [4.69, 9.17) is 9.47 Å². The highest BCUT2D eigenvalue weighted by Crippen LogP contribution is 2.27. The fourth-order valence-electron chi connectivity index (χ4n) is 4.34. The largest absolute Gasteiger partial charge is 0.375 e. The highest BCUT2D eigenvalue weighted by Gasteiger charge is 2.28. The number of amides is 1. The Kier molecular flexibility index (Phi) is 6.35. The summed E-state index contributed by atoms with van der Waals surface area (Å²) < 4.78 is 12.1. The van der Waals surface area contributed by atoms with Gasteiger partial charge in [0.15, 0.2) is 0 Å². The fraction of sp³-hybridized carbons (Fsp3) is 0.947. The Labute approximate surface area is 140 Å². The van der Waals surface area contributed by atoms with E-state index in [-0.39, 0.29) is 18.6 Å². The van der Waals surface area contributed by atoms with Gasteiger partial charge in [-0.25, -0.2) is 0 Å². The molecule has 0 aromatic rings. The van der Waals surface area contributed by atoms with Crippen LogP contribution in [0, 0.1) is 5.92 Å². The Bertz CT molecular complexity index is 373. The van der Waals surface area contributed by atoms with E-state index in [0.717, 1.165) is 32.4 Å². The lowest BCUT2D eigenvalue weighted by molar-refractivity contribution is -0.143. The van der Waals surface area contributed by atoms with Gasteiger partial charge in [-0.1, -0.05) is 32.6 Å². The second-order valence-electron chi connectivity index (χ2n) is 7.73. The zero-order valence-electron chi connectivity index (χ0n) is 14.7. The van der Waals surface area contributed by atoms with Gasteiger partial charge in [-0.2, -0.15) is 0 Å². The highest BCUT2D eigenvalue weighted by molar-refractivity contribution is 5.77. The fourth-order valence-corrected chi connectivity index (χ4v) is 4.34. The van der Waals surface area contributed by atoms with Crippen molar-refractivity contribution in [2.75, 3.05) is 19.7 Å². The normalized spacial score (nSPS) is 30.7. The number of nitrogens with zero attached hydrogens (tertiary/aromatic N) is 1. The molecule has 0 aromatic carbocycles. The summed E-state index contributed by atoms with van der Waals surface area (Å²) in [5, 5.41) is 0. The van der Waals surface area contributed by atoms with Gasteiger partial charge < -0.3 is 14.4 Å². The maximum atomic E-state index is 12.4. The Hall–Kier alpha value is -0.610. The molecule has 2 aliphatic carbocycles. The van der Waals surface area contributed by atoms with E-state index in [1.807, 2.05) is 4.90 Å².